The monoisotopic (exact) mass is 346 g/mol. The van der Waals surface area contributed by atoms with Crippen molar-refractivity contribution in [2.75, 3.05) is 13.7 Å². The molecule has 0 aliphatic carbocycles. The lowest BCUT2D eigenvalue weighted by Gasteiger charge is -2.12. The zero-order chi connectivity index (χ0) is 18.2. The van der Waals surface area contributed by atoms with E-state index in [1.165, 1.54) is 26.0 Å². The normalized spacial score (nSPS) is 11.1. The Hall–Kier alpha value is -2.10. The number of hydrogen-bond acceptors (Lipinski definition) is 3. The van der Waals surface area contributed by atoms with Crippen LogP contribution in [-0.4, -0.2) is 19.7 Å². The second kappa shape index (κ2) is 9.40. The molecule has 0 saturated heterocycles. The van der Waals surface area contributed by atoms with Crippen LogP contribution in [0.4, 0.5) is 4.39 Å². The number of carbonyl (C=O) groups is 1. The van der Waals surface area contributed by atoms with Gasteiger partial charge in [0.25, 0.3) is 0 Å². The first-order chi connectivity index (χ1) is 12.0. The van der Waals surface area contributed by atoms with Crippen molar-refractivity contribution in [3.05, 3.63) is 41.7 Å². The molecule has 0 atom stereocenters. The van der Waals surface area contributed by atoms with E-state index in [-0.39, 0.29) is 5.82 Å². The van der Waals surface area contributed by atoms with Gasteiger partial charge in [0.05, 0.1) is 13.7 Å². The van der Waals surface area contributed by atoms with Gasteiger partial charge >= 0.3 is 5.97 Å². The fourth-order valence-corrected chi connectivity index (χ4v) is 2.93. The third kappa shape index (κ3) is 5.18. The van der Waals surface area contributed by atoms with Crippen molar-refractivity contribution in [3.8, 4) is 5.75 Å². The summed E-state index contributed by atoms with van der Waals surface area (Å²) in [6.07, 6.45) is 5.48. The summed E-state index contributed by atoms with van der Waals surface area (Å²) in [4.78, 5) is 12.5. The van der Waals surface area contributed by atoms with E-state index in [0.717, 1.165) is 25.2 Å². The molecular formula is C21H27FO3. The molecule has 4 heteroatoms. The van der Waals surface area contributed by atoms with Crippen LogP contribution in [0.1, 0.15) is 56.3 Å². The number of halogens is 1. The first kappa shape index (κ1) is 19.2. The standard InChI is InChI=1S/C21H27FO3/c1-15(2)9-6-4-5-7-14-25-21(23)20-17-10-8-11-18(22)16(17)12-13-19(20)24-3/h8,10-13,15H,4-7,9,14H2,1-3H3. The zero-order valence-electron chi connectivity index (χ0n) is 15.3. The fourth-order valence-electron chi connectivity index (χ4n) is 2.93. The third-order valence-corrected chi connectivity index (χ3v) is 4.30. The highest BCUT2D eigenvalue weighted by Gasteiger charge is 2.19. The summed E-state index contributed by atoms with van der Waals surface area (Å²) in [5, 5.41) is 0.908. The number of ether oxygens (including phenoxy) is 2. The van der Waals surface area contributed by atoms with Gasteiger partial charge in [-0.05, 0) is 30.5 Å². The zero-order valence-corrected chi connectivity index (χ0v) is 15.3. The Morgan fingerprint density at radius 2 is 1.80 bits per heavy atom. The molecule has 0 aliphatic heterocycles. The Bertz CT molecular complexity index is 710. The van der Waals surface area contributed by atoms with E-state index < -0.39 is 5.97 Å². The number of unbranched alkanes of at least 4 members (excludes halogenated alkanes) is 3. The number of fused-ring (bicyclic) bond motifs is 1. The summed E-state index contributed by atoms with van der Waals surface area (Å²) < 4.78 is 24.6. The van der Waals surface area contributed by atoms with Gasteiger partial charge < -0.3 is 9.47 Å². The molecule has 136 valence electrons. The Labute approximate surface area is 149 Å². The largest absolute Gasteiger partial charge is 0.496 e. The summed E-state index contributed by atoms with van der Waals surface area (Å²) in [6.45, 7) is 4.82. The second-order valence-corrected chi connectivity index (χ2v) is 6.71. The molecule has 3 nitrogen and oxygen atoms in total. The van der Waals surface area contributed by atoms with Crippen LogP contribution in [0.25, 0.3) is 10.8 Å². The predicted molar refractivity (Wildman–Crippen MR) is 98.7 cm³/mol. The molecule has 0 heterocycles. The number of hydrogen-bond donors (Lipinski definition) is 0. The van der Waals surface area contributed by atoms with E-state index in [1.807, 2.05) is 0 Å². The summed E-state index contributed by atoms with van der Waals surface area (Å²) in [6, 6.07) is 7.90. The molecule has 0 radical (unpaired) electrons. The SMILES string of the molecule is COc1ccc2c(F)cccc2c1C(=O)OCCCCCCC(C)C. The van der Waals surface area contributed by atoms with Crippen LogP contribution in [0.5, 0.6) is 5.75 Å². The maximum absolute atomic E-state index is 14.0. The van der Waals surface area contributed by atoms with Crippen molar-refractivity contribution in [2.24, 2.45) is 5.92 Å². The Morgan fingerprint density at radius 3 is 2.52 bits per heavy atom. The van der Waals surface area contributed by atoms with Crippen molar-refractivity contribution in [2.45, 2.75) is 46.0 Å². The Morgan fingerprint density at radius 1 is 1.04 bits per heavy atom. The van der Waals surface area contributed by atoms with E-state index in [0.29, 0.717) is 28.7 Å². The van der Waals surface area contributed by atoms with Gasteiger partial charge in [-0.3, -0.25) is 0 Å². The molecule has 0 fully saturated rings. The maximum atomic E-state index is 14.0. The molecule has 0 spiro atoms. The highest BCUT2D eigenvalue weighted by Crippen LogP contribution is 2.30. The fraction of sp³-hybridized carbons (Fsp3) is 0.476. The summed E-state index contributed by atoms with van der Waals surface area (Å²) >= 11 is 0. The van der Waals surface area contributed by atoms with Crippen LogP contribution < -0.4 is 4.74 Å². The van der Waals surface area contributed by atoms with E-state index in [2.05, 4.69) is 13.8 Å². The van der Waals surface area contributed by atoms with Gasteiger partial charge in [0.1, 0.15) is 17.1 Å². The molecule has 2 aromatic carbocycles. The van der Waals surface area contributed by atoms with Crippen molar-refractivity contribution in [3.63, 3.8) is 0 Å². The number of carbonyl (C=O) groups excluding carboxylic acids is 1. The van der Waals surface area contributed by atoms with Gasteiger partial charge in [-0.15, -0.1) is 0 Å². The average molecular weight is 346 g/mol. The summed E-state index contributed by atoms with van der Waals surface area (Å²) in [5.41, 5.74) is 0.291. The molecule has 0 aliphatic rings. The number of benzene rings is 2. The smallest absolute Gasteiger partial charge is 0.342 e. The van der Waals surface area contributed by atoms with Gasteiger partial charge in [-0.1, -0.05) is 51.7 Å². The van der Waals surface area contributed by atoms with E-state index >= 15 is 0 Å². The van der Waals surface area contributed by atoms with E-state index in [4.69, 9.17) is 9.47 Å². The van der Waals surface area contributed by atoms with Crippen LogP contribution >= 0.6 is 0 Å². The number of rotatable bonds is 9. The van der Waals surface area contributed by atoms with E-state index in [1.54, 1.807) is 24.3 Å². The molecular weight excluding hydrogens is 319 g/mol. The minimum absolute atomic E-state index is 0.291. The Kier molecular flexibility index (Phi) is 7.23. The van der Waals surface area contributed by atoms with Gasteiger partial charge in [0.15, 0.2) is 0 Å². The molecule has 0 aromatic heterocycles. The van der Waals surface area contributed by atoms with Gasteiger partial charge in [-0.2, -0.15) is 0 Å². The van der Waals surface area contributed by atoms with Crippen molar-refractivity contribution in [1.29, 1.82) is 0 Å². The predicted octanol–water partition coefficient (Wildman–Crippen LogP) is 5.75. The molecule has 2 rings (SSSR count). The van der Waals surface area contributed by atoms with Crippen LogP contribution in [0.2, 0.25) is 0 Å². The molecule has 0 unspecified atom stereocenters. The minimum Gasteiger partial charge on any atom is -0.496 e. The third-order valence-electron chi connectivity index (χ3n) is 4.30. The summed E-state index contributed by atoms with van der Waals surface area (Å²) in [7, 11) is 1.49. The minimum atomic E-state index is -0.463. The van der Waals surface area contributed by atoms with Crippen LogP contribution in [-0.2, 0) is 4.74 Å². The summed E-state index contributed by atoms with van der Waals surface area (Å²) in [5.74, 6) is 0.312. The molecule has 0 saturated carbocycles. The first-order valence-electron chi connectivity index (χ1n) is 8.97. The van der Waals surface area contributed by atoms with Gasteiger partial charge in [0, 0.05) is 10.8 Å². The van der Waals surface area contributed by atoms with Crippen molar-refractivity contribution in [1.82, 2.24) is 0 Å². The Balaban J connectivity index is 1.98. The van der Waals surface area contributed by atoms with Gasteiger partial charge in [0.2, 0.25) is 0 Å². The average Bonchev–Trinajstić information content (AvgIpc) is 2.59. The molecule has 0 N–H and O–H groups in total. The highest BCUT2D eigenvalue weighted by molar-refractivity contribution is 6.07. The second-order valence-electron chi connectivity index (χ2n) is 6.71. The lowest BCUT2D eigenvalue weighted by molar-refractivity contribution is 0.0496. The van der Waals surface area contributed by atoms with Crippen LogP contribution in [0.3, 0.4) is 0 Å². The molecule has 25 heavy (non-hydrogen) atoms. The maximum Gasteiger partial charge on any atom is 0.342 e. The molecule has 0 bridgehead atoms. The highest BCUT2D eigenvalue weighted by atomic mass is 19.1. The first-order valence-corrected chi connectivity index (χ1v) is 8.97. The van der Waals surface area contributed by atoms with Crippen molar-refractivity contribution < 1.29 is 18.7 Å². The lowest BCUT2D eigenvalue weighted by Crippen LogP contribution is -2.09. The van der Waals surface area contributed by atoms with E-state index in [9.17, 15) is 9.18 Å². The van der Waals surface area contributed by atoms with Gasteiger partial charge in [-0.25, -0.2) is 9.18 Å². The van der Waals surface area contributed by atoms with Crippen LogP contribution in [0.15, 0.2) is 30.3 Å². The molecule has 0 amide bonds. The number of methoxy groups -OCH3 is 1. The lowest BCUT2D eigenvalue weighted by atomic mass is 10.0. The number of esters is 1. The molecule has 2 aromatic rings. The quantitative estimate of drug-likeness (QED) is 0.428. The topological polar surface area (TPSA) is 35.5 Å². The van der Waals surface area contributed by atoms with Crippen molar-refractivity contribution >= 4 is 16.7 Å². The van der Waals surface area contributed by atoms with Crippen LogP contribution in [0, 0.1) is 11.7 Å².